The van der Waals surface area contributed by atoms with E-state index >= 15 is 0 Å². The number of aromatic nitrogens is 8. The summed E-state index contributed by atoms with van der Waals surface area (Å²) in [5.41, 5.74) is 2.18. The van der Waals surface area contributed by atoms with Gasteiger partial charge in [-0.25, -0.2) is 19.9 Å². The van der Waals surface area contributed by atoms with Crippen LogP contribution in [-0.2, 0) is 0 Å². The highest BCUT2D eigenvalue weighted by atomic mass is 35.5. The van der Waals surface area contributed by atoms with Crippen LogP contribution in [0.15, 0.2) is 12.7 Å². The Balaban J connectivity index is 0.000000131. The third-order valence-electron chi connectivity index (χ3n) is 2.43. The van der Waals surface area contributed by atoms with Gasteiger partial charge in [-0.15, -0.1) is 0 Å². The lowest BCUT2D eigenvalue weighted by molar-refractivity contribution is 1.20. The molecule has 0 aromatic carbocycles. The second kappa shape index (κ2) is 6.17. The summed E-state index contributed by atoms with van der Waals surface area (Å²) in [7, 11) is 0. The zero-order chi connectivity index (χ0) is 15.7. The second-order valence-electron chi connectivity index (χ2n) is 3.77. The number of fused-ring (bicyclic) bond motifs is 2. The highest BCUT2D eigenvalue weighted by Gasteiger charge is 2.05. The van der Waals surface area contributed by atoms with Crippen molar-refractivity contribution in [2.75, 3.05) is 0 Å². The number of hydrogen-bond acceptors (Lipinski definition) is 6. The fourth-order valence-electron chi connectivity index (χ4n) is 1.55. The fraction of sp³-hybridized carbons (Fsp3) is 0. The molecule has 0 atom stereocenters. The van der Waals surface area contributed by atoms with E-state index in [0.29, 0.717) is 22.3 Å². The third-order valence-corrected chi connectivity index (χ3v) is 3.31. The van der Waals surface area contributed by atoms with Gasteiger partial charge in [0.1, 0.15) is 11.0 Å². The molecule has 112 valence electrons. The highest BCUT2D eigenvalue weighted by Crippen LogP contribution is 2.18. The van der Waals surface area contributed by atoms with E-state index in [1.54, 1.807) is 0 Å². The lowest BCUT2D eigenvalue weighted by Gasteiger charge is -1.90. The summed E-state index contributed by atoms with van der Waals surface area (Å²) in [6.07, 6.45) is 2.98. The molecule has 12 heteroatoms. The summed E-state index contributed by atoms with van der Waals surface area (Å²) < 4.78 is 0. The average Bonchev–Trinajstić information content (AvgIpc) is 3.07. The monoisotopic (exact) mass is 376 g/mol. The molecule has 0 saturated carbocycles. The van der Waals surface area contributed by atoms with Crippen LogP contribution in [0.5, 0.6) is 0 Å². The number of nitrogens with zero attached hydrogens (tertiary/aromatic N) is 6. The standard InChI is InChI=1S/2C5H2Cl2N4/c2*6-3-2-4(9-1-8-2)11-5(7)10-3/h2*1H,(H,8,9,10,11). The zero-order valence-corrected chi connectivity index (χ0v) is 13.4. The molecule has 4 heterocycles. The summed E-state index contributed by atoms with van der Waals surface area (Å²) in [4.78, 5) is 28.4. The summed E-state index contributed by atoms with van der Waals surface area (Å²) in [5, 5.41) is 0.791. The first kappa shape index (κ1) is 15.2. The van der Waals surface area contributed by atoms with Crippen molar-refractivity contribution in [1.29, 1.82) is 0 Å². The van der Waals surface area contributed by atoms with Gasteiger partial charge in [0, 0.05) is 0 Å². The van der Waals surface area contributed by atoms with Gasteiger partial charge in [0.25, 0.3) is 0 Å². The van der Waals surface area contributed by atoms with Crippen LogP contribution in [0.4, 0.5) is 0 Å². The van der Waals surface area contributed by atoms with E-state index in [1.165, 1.54) is 12.7 Å². The zero-order valence-electron chi connectivity index (χ0n) is 10.3. The quantitative estimate of drug-likeness (QED) is 0.359. The Labute approximate surface area is 142 Å². The van der Waals surface area contributed by atoms with Crippen molar-refractivity contribution in [2.24, 2.45) is 0 Å². The summed E-state index contributed by atoms with van der Waals surface area (Å²) >= 11 is 22.4. The van der Waals surface area contributed by atoms with E-state index in [2.05, 4.69) is 39.9 Å². The van der Waals surface area contributed by atoms with Crippen LogP contribution in [0.25, 0.3) is 22.3 Å². The molecule has 0 aliphatic heterocycles. The van der Waals surface area contributed by atoms with Crippen molar-refractivity contribution >= 4 is 68.7 Å². The third kappa shape index (κ3) is 3.05. The largest absolute Gasteiger partial charge is 0.341 e. The Bertz CT molecular complexity index is 871. The maximum absolute atomic E-state index is 5.70. The van der Waals surface area contributed by atoms with Crippen LogP contribution >= 0.6 is 46.4 Å². The number of H-pyrrole nitrogens is 2. The smallest absolute Gasteiger partial charge is 0.225 e. The van der Waals surface area contributed by atoms with Crippen LogP contribution in [0.3, 0.4) is 0 Å². The number of aromatic amines is 2. The molecule has 4 rings (SSSR count). The Morgan fingerprint density at radius 3 is 1.45 bits per heavy atom. The Kier molecular flexibility index (Phi) is 4.25. The van der Waals surface area contributed by atoms with Crippen LogP contribution in [0.1, 0.15) is 0 Å². The summed E-state index contributed by atoms with van der Waals surface area (Å²) in [6, 6.07) is 0. The Morgan fingerprint density at radius 2 is 1.05 bits per heavy atom. The van der Waals surface area contributed by atoms with E-state index in [-0.39, 0.29) is 20.9 Å². The minimum Gasteiger partial charge on any atom is -0.341 e. The van der Waals surface area contributed by atoms with E-state index in [4.69, 9.17) is 46.4 Å². The lowest BCUT2D eigenvalue weighted by atomic mass is 10.6. The maximum atomic E-state index is 5.70. The van der Waals surface area contributed by atoms with Gasteiger partial charge < -0.3 is 9.97 Å². The highest BCUT2D eigenvalue weighted by molar-refractivity contribution is 6.35. The fourth-order valence-corrected chi connectivity index (χ4v) is 2.40. The molecule has 0 saturated heterocycles. The number of rotatable bonds is 0. The average molecular weight is 378 g/mol. The van der Waals surface area contributed by atoms with Gasteiger partial charge in [-0.05, 0) is 23.2 Å². The molecule has 0 amide bonds. The van der Waals surface area contributed by atoms with Crippen molar-refractivity contribution in [1.82, 2.24) is 39.9 Å². The van der Waals surface area contributed by atoms with Crippen molar-refractivity contribution in [3.8, 4) is 0 Å². The van der Waals surface area contributed by atoms with Gasteiger partial charge in [-0.2, -0.15) is 9.97 Å². The predicted molar refractivity (Wildman–Crippen MR) is 83.4 cm³/mol. The van der Waals surface area contributed by atoms with Crippen molar-refractivity contribution in [3.05, 3.63) is 33.5 Å². The molecule has 4 aromatic rings. The van der Waals surface area contributed by atoms with Crippen LogP contribution in [0, 0.1) is 0 Å². The van der Waals surface area contributed by atoms with Crippen molar-refractivity contribution < 1.29 is 0 Å². The van der Waals surface area contributed by atoms with Crippen LogP contribution in [0.2, 0.25) is 20.9 Å². The SMILES string of the molecule is Clc1nc(Cl)c2[nH]cnc2n1.Clc1nc(Cl)c2[nH]cnc2n1. The maximum Gasteiger partial charge on any atom is 0.225 e. The molecule has 0 aliphatic rings. The van der Waals surface area contributed by atoms with Crippen LogP contribution in [-0.4, -0.2) is 39.9 Å². The minimum atomic E-state index is 0.106. The van der Waals surface area contributed by atoms with Gasteiger partial charge in [-0.1, -0.05) is 23.2 Å². The molecule has 2 N–H and O–H groups in total. The van der Waals surface area contributed by atoms with E-state index in [9.17, 15) is 0 Å². The van der Waals surface area contributed by atoms with Crippen molar-refractivity contribution in [3.63, 3.8) is 0 Å². The summed E-state index contributed by atoms with van der Waals surface area (Å²) in [5.74, 6) is 0. The normalized spacial score (nSPS) is 10.7. The second-order valence-corrected chi connectivity index (χ2v) is 5.16. The molecule has 0 spiro atoms. The van der Waals surface area contributed by atoms with Gasteiger partial charge in [-0.3, -0.25) is 0 Å². The molecule has 0 fully saturated rings. The molecule has 4 aromatic heterocycles. The molecule has 0 radical (unpaired) electrons. The topological polar surface area (TPSA) is 109 Å². The molecule has 0 aliphatic carbocycles. The molecule has 0 bridgehead atoms. The van der Waals surface area contributed by atoms with E-state index in [0.717, 1.165) is 0 Å². The van der Waals surface area contributed by atoms with Gasteiger partial charge in [0.05, 0.1) is 12.7 Å². The first-order valence-corrected chi connectivity index (χ1v) is 7.10. The van der Waals surface area contributed by atoms with E-state index in [1.807, 2.05) is 0 Å². The summed E-state index contributed by atoms with van der Waals surface area (Å²) in [6.45, 7) is 0. The molecular weight excluding hydrogens is 374 g/mol. The first-order chi connectivity index (χ1) is 10.5. The van der Waals surface area contributed by atoms with Gasteiger partial charge in [0.2, 0.25) is 10.6 Å². The Morgan fingerprint density at radius 1 is 0.636 bits per heavy atom. The predicted octanol–water partition coefficient (Wildman–Crippen LogP) is 3.32. The number of halogens is 4. The lowest BCUT2D eigenvalue weighted by Crippen LogP contribution is -1.84. The molecule has 22 heavy (non-hydrogen) atoms. The number of hydrogen-bond donors (Lipinski definition) is 2. The minimum absolute atomic E-state index is 0.106. The molecular formula is C10H4Cl4N8. The Hall–Kier alpha value is -1.74. The molecule has 8 nitrogen and oxygen atoms in total. The van der Waals surface area contributed by atoms with Crippen LogP contribution < -0.4 is 0 Å². The number of imidazole rings is 2. The van der Waals surface area contributed by atoms with Gasteiger partial charge in [0.15, 0.2) is 21.6 Å². The number of nitrogens with one attached hydrogen (secondary N) is 2. The van der Waals surface area contributed by atoms with E-state index < -0.39 is 0 Å². The van der Waals surface area contributed by atoms with Crippen molar-refractivity contribution in [2.45, 2.75) is 0 Å². The molecule has 0 unspecified atom stereocenters. The van der Waals surface area contributed by atoms with Gasteiger partial charge >= 0.3 is 0 Å². The first-order valence-electron chi connectivity index (χ1n) is 5.59.